The van der Waals surface area contributed by atoms with E-state index in [0.717, 1.165) is 50.6 Å². The number of nitrogens with zero attached hydrogens (tertiary/aromatic N) is 2. The van der Waals surface area contributed by atoms with E-state index < -0.39 is 0 Å². The summed E-state index contributed by atoms with van der Waals surface area (Å²) in [4.78, 5) is 14.6. The average Bonchev–Trinajstić information content (AvgIpc) is 3.12. The zero-order valence-electron chi connectivity index (χ0n) is 16.9. The van der Waals surface area contributed by atoms with E-state index in [9.17, 15) is 4.79 Å². The maximum atomic E-state index is 12.8. The highest BCUT2D eigenvalue weighted by molar-refractivity contribution is 6.05. The molecule has 5 heteroatoms. The van der Waals surface area contributed by atoms with Crippen molar-refractivity contribution in [1.82, 2.24) is 10.1 Å². The Morgan fingerprint density at radius 2 is 1.89 bits per heavy atom. The lowest BCUT2D eigenvalue weighted by molar-refractivity contribution is 0.0817. The highest BCUT2D eigenvalue weighted by Gasteiger charge is 2.29. The largest absolute Gasteiger partial charge is 0.491 e. The molecule has 0 fully saturated rings. The van der Waals surface area contributed by atoms with Gasteiger partial charge in [0.25, 0.3) is 5.91 Å². The fraction of sp³-hybridized carbons (Fsp3) is 0.304. The molecule has 0 spiro atoms. The number of amides is 1. The first-order chi connectivity index (χ1) is 13.3. The summed E-state index contributed by atoms with van der Waals surface area (Å²) in [5, 5.41) is 4.09. The van der Waals surface area contributed by atoms with Gasteiger partial charge >= 0.3 is 0 Å². The Labute approximate surface area is 164 Å². The van der Waals surface area contributed by atoms with Gasteiger partial charge in [0.15, 0.2) is 0 Å². The fourth-order valence-corrected chi connectivity index (χ4v) is 3.87. The highest BCUT2D eigenvalue weighted by Crippen LogP contribution is 2.39. The molecule has 0 radical (unpaired) electrons. The van der Waals surface area contributed by atoms with Gasteiger partial charge in [-0.1, -0.05) is 17.3 Å². The van der Waals surface area contributed by atoms with Crippen LogP contribution in [-0.2, 0) is 6.54 Å². The van der Waals surface area contributed by atoms with Gasteiger partial charge in [-0.2, -0.15) is 0 Å². The van der Waals surface area contributed by atoms with Crippen LogP contribution >= 0.6 is 0 Å². The molecule has 4 rings (SSSR count). The van der Waals surface area contributed by atoms with Crippen LogP contribution in [0.1, 0.15) is 41.2 Å². The van der Waals surface area contributed by atoms with E-state index in [-0.39, 0.29) is 12.0 Å². The molecule has 3 aromatic rings. The van der Waals surface area contributed by atoms with Crippen LogP contribution in [0.5, 0.6) is 5.75 Å². The number of aryl methyl sites for hydroxylation is 2. The number of fused-ring (bicyclic) bond motifs is 1. The molecule has 5 nitrogen and oxygen atoms in total. The number of benzene rings is 2. The lowest BCUT2D eigenvalue weighted by atomic mass is 9.91. The minimum Gasteiger partial charge on any atom is -0.491 e. The molecular weight excluding hydrogens is 352 g/mol. The molecule has 0 unspecified atom stereocenters. The molecule has 2 aromatic carbocycles. The lowest BCUT2D eigenvalue weighted by Gasteiger charge is -2.14. The van der Waals surface area contributed by atoms with E-state index in [2.05, 4.69) is 17.3 Å². The van der Waals surface area contributed by atoms with Crippen molar-refractivity contribution in [2.24, 2.45) is 0 Å². The smallest absolute Gasteiger partial charge is 0.254 e. The van der Waals surface area contributed by atoms with E-state index in [4.69, 9.17) is 9.26 Å². The molecule has 1 aromatic heterocycles. The molecule has 0 saturated heterocycles. The number of carbonyl (C=O) groups is 1. The lowest BCUT2D eigenvalue weighted by Crippen LogP contribution is -2.17. The summed E-state index contributed by atoms with van der Waals surface area (Å²) < 4.78 is 11.2. The van der Waals surface area contributed by atoms with Gasteiger partial charge in [0.1, 0.15) is 11.5 Å². The predicted octanol–water partition coefficient (Wildman–Crippen LogP) is 5.00. The van der Waals surface area contributed by atoms with Crippen molar-refractivity contribution in [2.75, 3.05) is 7.05 Å². The topological polar surface area (TPSA) is 55.6 Å². The van der Waals surface area contributed by atoms with E-state index in [0.29, 0.717) is 6.54 Å². The third-order valence-corrected chi connectivity index (χ3v) is 5.03. The predicted molar refractivity (Wildman–Crippen MR) is 108 cm³/mol. The zero-order valence-corrected chi connectivity index (χ0v) is 16.9. The Kier molecular flexibility index (Phi) is 4.46. The van der Waals surface area contributed by atoms with E-state index >= 15 is 0 Å². The Bertz CT molecular complexity index is 1050. The second-order valence-electron chi connectivity index (χ2n) is 7.61. The molecule has 0 atom stereocenters. The van der Waals surface area contributed by atoms with Gasteiger partial charge in [-0.05, 0) is 74.2 Å². The molecule has 0 aliphatic carbocycles. The van der Waals surface area contributed by atoms with Gasteiger partial charge in [0.2, 0.25) is 0 Å². The maximum Gasteiger partial charge on any atom is 0.254 e. The van der Waals surface area contributed by atoms with Crippen LogP contribution in [0.2, 0.25) is 0 Å². The van der Waals surface area contributed by atoms with Crippen molar-refractivity contribution in [3.63, 3.8) is 0 Å². The summed E-state index contributed by atoms with van der Waals surface area (Å²) in [5.74, 6) is 1.62. The number of rotatable bonds is 4. The third-order valence-electron chi connectivity index (χ3n) is 5.03. The van der Waals surface area contributed by atoms with Gasteiger partial charge in [0.05, 0.1) is 17.4 Å². The van der Waals surface area contributed by atoms with Gasteiger partial charge < -0.3 is 14.2 Å². The maximum absolute atomic E-state index is 12.8. The number of hydrogen-bond acceptors (Lipinski definition) is 4. The van der Waals surface area contributed by atoms with Crippen LogP contribution < -0.4 is 4.74 Å². The Morgan fingerprint density at radius 1 is 1.11 bits per heavy atom. The van der Waals surface area contributed by atoms with Gasteiger partial charge in [-0.3, -0.25) is 4.79 Å². The summed E-state index contributed by atoms with van der Waals surface area (Å²) in [6.07, 6.45) is 0.0855. The molecule has 0 N–H and O–H groups in total. The van der Waals surface area contributed by atoms with Crippen LogP contribution in [0.25, 0.3) is 22.3 Å². The zero-order chi connectivity index (χ0) is 20.0. The molecule has 1 aliphatic heterocycles. The highest BCUT2D eigenvalue weighted by atomic mass is 16.5. The minimum atomic E-state index is 0.0468. The summed E-state index contributed by atoms with van der Waals surface area (Å²) in [5.41, 5.74) is 6.51. The summed E-state index contributed by atoms with van der Waals surface area (Å²) in [6.45, 7) is 8.45. The molecule has 2 heterocycles. The Balaban J connectivity index is 1.93. The number of aromatic nitrogens is 1. The summed E-state index contributed by atoms with van der Waals surface area (Å²) in [6, 6.07) is 12.1. The molecule has 1 aliphatic rings. The van der Waals surface area contributed by atoms with Crippen molar-refractivity contribution >= 4 is 5.91 Å². The van der Waals surface area contributed by atoms with Crippen LogP contribution in [0.3, 0.4) is 0 Å². The van der Waals surface area contributed by atoms with Gasteiger partial charge in [-0.15, -0.1) is 0 Å². The quantitative estimate of drug-likeness (QED) is 0.643. The second-order valence-corrected chi connectivity index (χ2v) is 7.61. The summed E-state index contributed by atoms with van der Waals surface area (Å²) in [7, 11) is 1.83. The Hall–Kier alpha value is -3.08. The first-order valence-electron chi connectivity index (χ1n) is 9.48. The SMILES string of the molecule is Cc1noc(C)c1-c1cc2c(c(-c3cccc(OC(C)C)c3)c1)C(=O)N(C)C2. The first kappa shape index (κ1) is 18.3. The van der Waals surface area contributed by atoms with E-state index in [1.165, 1.54) is 0 Å². The van der Waals surface area contributed by atoms with E-state index in [1.54, 1.807) is 4.90 Å². The van der Waals surface area contributed by atoms with Crippen LogP contribution in [0, 0.1) is 13.8 Å². The normalized spacial score (nSPS) is 13.4. The number of carbonyl (C=O) groups excluding carboxylic acids is 1. The monoisotopic (exact) mass is 376 g/mol. The number of ether oxygens (including phenoxy) is 1. The second kappa shape index (κ2) is 6.82. The molecule has 1 amide bonds. The number of hydrogen-bond donors (Lipinski definition) is 0. The summed E-state index contributed by atoms with van der Waals surface area (Å²) >= 11 is 0. The van der Waals surface area contributed by atoms with Crippen molar-refractivity contribution in [3.8, 4) is 28.0 Å². The Morgan fingerprint density at radius 3 is 2.57 bits per heavy atom. The molecule has 0 saturated carbocycles. The van der Waals surface area contributed by atoms with Crippen LogP contribution in [0.15, 0.2) is 40.9 Å². The first-order valence-corrected chi connectivity index (χ1v) is 9.48. The van der Waals surface area contributed by atoms with Crippen molar-refractivity contribution in [2.45, 2.75) is 40.3 Å². The van der Waals surface area contributed by atoms with Crippen molar-refractivity contribution in [3.05, 3.63) is 59.0 Å². The fourth-order valence-electron chi connectivity index (χ4n) is 3.87. The molecule has 144 valence electrons. The molecule has 0 bridgehead atoms. The minimum absolute atomic E-state index is 0.0468. The van der Waals surface area contributed by atoms with Crippen LogP contribution in [0.4, 0.5) is 0 Å². The standard InChI is InChI=1S/C23H24N2O3/c1-13(2)27-19-8-6-7-16(10-19)20-11-17(21-14(3)24-28-15(21)4)9-18-12-25(5)23(26)22(18)20/h6-11,13H,12H2,1-5H3. The third kappa shape index (κ3) is 3.07. The van der Waals surface area contributed by atoms with Crippen molar-refractivity contribution in [1.29, 1.82) is 0 Å². The van der Waals surface area contributed by atoms with Gasteiger partial charge in [-0.25, -0.2) is 0 Å². The average molecular weight is 376 g/mol. The molecule has 28 heavy (non-hydrogen) atoms. The molecular formula is C23H24N2O3. The van der Waals surface area contributed by atoms with Gasteiger partial charge in [0, 0.05) is 19.2 Å². The van der Waals surface area contributed by atoms with Crippen molar-refractivity contribution < 1.29 is 14.1 Å². The van der Waals surface area contributed by atoms with E-state index in [1.807, 2.05) is 59.0 Å². The van der Waals surface area contributed by atoms with Crippen LogP contribution in [-0.4, -0.2) is 29.1 Å².